The molecule has 0 unspecified atom stereocenters. The van der Waals surface area contributed by atoms with Crippen molar-refractivity contribution in [1.29, 1.82) is 5.41 Å². The number of para-hydroxylation sites is 1. The van der Waals surface area contributed by atoms with E-state index >= 15 is 0 Å². The molecule has 0 atom stereocenters. The maximum atomic E-state index is 13.8. The highest BCUT2D eigenvalue weighted by Crippen LogP contribution is 2.33. The molecule has 0 saturated heterocycles. The minimum Gasteiger partial charge on any atom is -0.351 e. The number of hydrogen-bond donors (Lipinski definition) is 3. The van der Waals surface area contributed by atoms with Crippen molar-refractivity contribution in [2.45, 2.75) is 25.7 Å². The first kappa shape index (κ1) is 30.9. The second-order valence-electron chi connectivity index (χ2n) is 10.8. The molecule has 45 heavy (non-hydrogen) atoms. The van der Waals surface area contributed by atoms with E-state index in [-0.39, 0.29) is 30.7 Å². The lowest BCUT2D eigenvalue weighted by Gasteiger charge is -2.24. The summed E-state index contributed by atoms with van der Waals surface area (Å²) in [4.78, 5) is 41.5. The molecular weight excluding hydrogens is 560 g/mol. The van der Waals surface area contributed by atoms with E-state index in [0.29, 0.717) is 48.3 Å². The third-order valence-electron chi connectivity index (χ3n) is 7.68. The number of rotatable bonds is 11. The minimum atomic E-state index is -0.230. The van der Waals surface area contributed by atoms with Crippen LogP contribution in [0.5, 0.6) is 0 Å². The smallest absolute Gasteiger partial charge is 0.258 e. The molecule has 3 amide bonds. The Labute approximate surface area is 263 Å². The van der Waals surface area contributed by atoms with Crippen LogP contribution in [0.1, 0.15) is 52.0 Å². The number of anilines is 2. The quantitative estimate of drug-likeness (QED) is 0.123. The maximum Gasteiger partial charge on any atom is 0.258 e. The molecular formula is C38H36N4O3. The first-order valence-corrected chi connectivity index (χ1v) is 15.0. The van der Waals surface area contributed by atoms with Gasteiger partial charge >= 0.3 is 0 Å². The summed E-state index contributed by atoms with van der Waals surface area (Å²) in [5.74, 6) is -0.557. The highest BCUT2D eigenvalue weighted by atomic mass is 16.2. The molecule has 0 saturated carbocycles. The monoisotopic (exact) mass is 596 g/mol. The van der Waals surface area contributed by atoms with E-state index in [4.69, 9.17) is 5.41 Å². The van der Waals surface area contributed by atoms with Crippen LogP contribution in [0.15, 0.2) is 122 Å². The summed E-state index contributed by atoms with van der Waals surface area (Å²) in [6, 6.07) is 31.8. The molecule has 0 fully saturated rings. The molecule has 0 radical (unpaired) electrons. The summed E-state index contributed by atoms with van der Waals surface area (Å²) < 4.78 is 0. The zero-order chi connectivity index (χ0) is 31.6. The third-order valence-corrected chi connectivity index (χ3v) is 7.68. The Bertz CT molecular complexity index is 1740. The normalized spacial score (nSPS) is 12.3. The second-order valence-corrected chi connectivity index (χ2v) is 10.8. The Morgan fingerprint density at radius 3 is 2.29 bits per heavy atom. The van der Waals surface area contributed by atoms with Crippen molar-refractivity contribution in [2.75, 3.05) is 23.3 Å². The molecule has 1 aliphatic heterocycles. The first-order valence-electron chi connectivity index (χ1n) is 15.0. The van der Waals surface area contributed by atoms with Gasteiger partial charge in [0.15, 0.2) is 0 Å². The van der Waals surface area contributed by atoms with Crippen molar-refractivity contribution in [2.24, 2.45) is 0 Å². The van der Waals surface area contributed by atoms with Crippen molar-refractivity contribution in [3.8, 4) is 11.1 Å². The second kappa shape index (κ2) is 14.8. The van der Waals surface area contributed by atoms with Gasteiger partial charge in [-0.05, 0) is 72.4 Å². The molecule has 1 aliphatic rings. The number of amides is 3. The standard InChI is InChI=1S/C38H36N4O3/c1-2-3-15-30(39)26-40-36(43)25-29-14-11-24-42(35-19-10-9-17-33(29)35)38(45)28-20-22-31(23-21-28)41-37(44)34-18-8-7-16-32(34)27-12-5-4-6-13-27/h2,4-10,12-14,16-23,39H,1,3,11,15,24-26H2,(H,40,43)(H,41,44). The van der Waals surface area contributed by atoms with Crippen LogP contribution < -0.4 is 15.5 Å². The summed E-state index contributed by atoms with van der Waals surface area (Å²) in [6.45, 7) is 4.35. The number of carbonyl (C=O) groups excluding carboxylic acids is 3. The maximum absolute atomic E-state index is 13.8. The van der Waals surface area contributed by atoms with E-state index in [9.17, 15) is 14.4 Å². The number of nitrogens with one attached hydrogen (secondary N) is 3. The van der Waals surface area contributed by atoms with Crippen LogP contribution in [0.3, 0.4) is 0 Å². The molecule has 0 spiro atoms. The van der Waals surface area contributed by atoms with Crippen molar-refractivity contribution < 1.29 is 14.4 Å². The Balaban J connectivity index is 1.27. The number of hydrogen-bond acceptors (Lipinski definition) is 4. The number of carbonyl (C=O) groups is 3. The number of nitrogens with zero attached hydrogens (tertiary/aromatic N) is 1. The van der Waals surface area contributed by atoms with Crippen LogP contribution in [0.25, 0.3) is 16.7 Å². The Morgan fingerprint density at radius 2 is 1.53 bits per heavy atom. The van der Waals surface area contributed by atoms with E-state index in [0.717, 1.165) is 28.0 Å². The fourth-order valence-corrected chi connectivity index (χ4v) is 5.36. The first-order chi connectivity index (χ1) is 21.9. The summed E-state index contributed by atoms with van der Waals surface area (Å²) in [5, 5.41) is 13.8. The van der Waals surface area contributed by atoms with Gasteiger partial charge in [0.2, 0.25) is 5.91 Å². The lowest BCUT2D eigenvalue weighted by atomic mass is 9.99. The largest absolute Gasteiger partial charge is 0.351 e. The van der Waals surface area contributed by atoms with E-state index < -0.39 is 0 Å². The predicted octanol–water partition coefficient (Wildman–Crippen LogP) is 7.53. The van der Waals surface area contributed by atoms with Crippen molar-refractivity contribution in [1.82, 2.24) is 5.32 Å². The Hall–Kier alpha value is -5.56. The summed E-state index contributed by atoms with van der Waals surface area (Å²) in [6.07, 6.45) is 5.80. The number of benzene rings is 4. The SMILES string of the molecule is C=CCCC(=N)CNC(=O)CC1=CCCN(C(=O)c2ccc(NC(=O)c3ccccc3-c3ccccc3)cc2)c2ccccc21. The van der Waals surface area contributed by atoms with E-state index in [1.807, 2.05) is 78.9 Å². The van der Waals surface area contributed by atoms with Crippen LogP contribution in [0, 0.1) is 5.41 Å². The molecule has 7 heteroatoms. The fraction of sp³-hybridized carbons (Fsp3) is 0.158. The van der Waals surface area contributed by atoms with E-state index in [1.54, 1.807) is 41.3 Å². The molecule has 0 aromatic heterocycles. The molecule has 5 rings (SSSR count). The van der Waals surface area contributed by atoms with Crippen molar-refractivity contribution >= 4 is 40.4 Å². The molecule has 0 aliphatic carbocycles. The van der Waals surface area contributed by atoms with E-state index in [2.05, 4.69) is 17.2 Å². The van der Waals surface area contributed by atoms with Gasteiger partial charge in [0.25, 0.3) is 11.8 Å². The Morgan fingerprint density at radius 1 is 0.844 bits per heavy atom. The summed E-state index contributed by atoms with van der Waals surface area (Å²) in [5.41, 5.74) is 6.33. The fourth-order valence-electron chi connectivity index (χ4n) is 5.36. The van der Waals surface area contributed by atoms with Gasteiger partial charge in [-0.2, -0.15) is 0 Å². The molecule has 4 aromatic carbocycles. The van der Waals surface area contributed by atoms with Gasteiger partial charge in [-0.3, -0.25) is 14.4 Å². The van der Waals surface area contributed by atoms with Crippen LogP contribution in [0.2, 0.25) is 0 Å². The topological polar surface area (TPSA) is 102 Å². The lowest BCUT2D eigenvalue weighted by molar-refractivity contribution is -0.119. The summed E-state index contributed by atoms with van der Waals surface area (Å²) in [7, 11) is 0. The van der Waals surface area contributed by atoms with Crippen LogP contribution in [-0.2, 0) is 4.79 Å². The Kier molecular flexibility index (Phi) is 10.1. The van der Waals surface area contributed by atoms with Crippen molar-refractivity contribution in [3.05, 3.63) is 139 Å². The van der Waals surface area contributed by atoms with Gasteiger partial charge in [0, 0.05) is 34.6 Å². The van der Waals surface area contributed by atoms with Gasteiger partial charge in [0.1, 0.15) is 0 Å². The molecule has 7 nitrogen and oxygen atoms in total. The average molecular weight is 597 g/mol. The van der Waals surface area contributed by atoms with Crippen molar-refractivity contribution in [3.63, 3.8) is 0 Å². The van der Waals surface area contributed by atoms with Gasteiger partial charge in [-0.1, -0.05) is 78.9 Å². The lowest BCUT2D eigenvalue weighted by Crippen LogP contribution is -2.32. The molecule has 226 valence electrons. The average Bonchev–Trinajstić information content (AvgIpc) is 3.26. The number of allylic oxidation sites excluding steroid dienone is 1. The van der Waals surface area contributed by atoms with Crippen LogP contribution in [-0.4, -0.2) is 36.5 Å². The zero-order valence-corrected chi connectivity index (χ0v) is 25.1. The van der Waals surface area contributed by atoms with Gasteiger partial charge < -0.3 is 20.9 Å². The number of fused-ring (bicyclic) bond motifs is 1. The van der Waals surface area contributed by atoms with Gasteiger partial charge in [-0.15, -0.1) is 6.58 Å². The highest BCUT2D eigenvalue weighted by Gasteiger charge is 2.24. The molecule has 4 aromatic rings. The molecule has 1 heterocycles. The van der Waals surface area contributed by atoms with Gasteiger partial charge in [-0.25, -0.2) is 0 Å². The molecule has 0 bridgehead atoms. The molecule has 3 N–H and O–H groups in total. The van der Waals surface area contributed by atoms with E-state index in [1.165, 1.54) is 0 Å². The predicted molar refractivity (Wildman–Crippen MR) is 182 cm³/mol. The highest BCUT2D eigenvalue weighted by molar-refractivity contribution is 6.10. The minimum absolute atomic E-state index is 0.162. The zero-order valence-electron chi connectivity index (χ0n) is 25.1. The van der Waals surface area contributed by atoms with Gasteiger partial charge in [0.05, 0.1) is 18.7 Å². The van der Waals surface area contributed by atoms with Crippen LogP contribution >= 0.6 is 0 Å². The third kappa shape index (κ3) is 7.70. The van der Waals surface area contributed by atoms with Crippen LogP contribution in [0.4, 0.5) is 11.4 Å². The summed E-state index contributed by atoms with van der Waals surface area (Å²) >= 11 is 0.